The molecule has 16 heavy (non-hydrogen) atoms. The van der Waals surface area contributed by atoms with E-state index < -0.39 is 0 Å². The van der Waals surface area contributed by atoms with Crippen LogP contribution in [0.25, 0.3) is 0 Å². The molecule has 2 N–H and O–H groups in total. The van der Waals surface area contributed by atoms with Crippen molar-refractivity contribution >= 4 is 0 Å². The minimum atomic E-state index is -0.379. The fourth-order valence-corrected chi connectivity index (χ4v) is 2.90. The van der Waals surface area contributed by atoms with E-state index in [-0.39, 0.29) is 17.3 Å². The van der Waals surface area contributed by atoms with E-state index in [1.807, 2.05) is 0 Å². The Morgan fingerprint density at radius 2 is 2.00 bits per heavy atom. The fourth-order valence-electron chi connectivity index (χ4n) is 2.90. The first-order valence-corrected chi connectivity index (χ1v) is 5.85. The summed E-state index contributed by atoms with van der Waals surface area (Å²) in [6.07, 6.45) is 4.19. The zero-order chi connectivity index (χ0) is 11.1. The van der Waals surface area contributed by atoms with E-state index >= 15 is 0 Å². The normalized spacial score (nSPS) is 24.9. The van der Waals surface area contributed by atoms with Crippen LogP contribution in [0.1, 0.15) is 36.6 Å². The van der Waals surface area contributed by atoms with E-state index in [0.29, 0.717) is 0 Å². The van der Waals surface area contributed by atoms with Crippen LogP contribution in [0.15, 0.2) is 9.59 Å². The molecule has 2 aliphatic rings. The van der Waals surface area contributed by atoms with Gasteiger partial charge in [0.15, 0.2) is 0 Å². The molecule has 0 bridgehead atoms. The minimum absolute atomic E-state index is 0.205. The van der Waals surface area contributed by atoms with Gasteiger partial charge in [-0.2, -0.15) is 0 Å². The van der Waals surface area contributed by atoms with Gasteiger partial charge in [0.2, 0.25) is 0 Å². The van der Waals surface area contributed by atoms with E-state index in [0.717, 1.165) is 37.2 Å². The molecule has 0 aromatic carbocycles. The lowest BCUT2D eigenvalue weighted by Gasteiger charge is -2.39. The maximum atomic E-state index is 11.7. The Balaban J connectivity index is 2.14. The van der Waals surface area contributed by atoms with Crippen molar-refractivity contribution in [2.45, 2.75) is 31.7 Å². The predicted octanol–water partition coefficient (Wildman–Crippen LogP) is 0.146. The second-order valence-electron chi connectivity index (χ2n) is 4.60. The average molecular weight is 221 g/mol. The molecule has 1 saturated heterocycles. The van der Waals surface area contributed by atoms with E-state index in [1.54, 1.807) is 0 Å². The molecule has 2 aliphatic heterocycles. The third-order valence-corrected chi connectivity index (χ3v) is 3.67. The van der Waals surface area contributed by atoms with Crippen molar-refractivity contribution < 1.29 is 0 Å². The van der Waals surface area contributed by atoms with Crippen molar-refractivity contribution in [3.05, 3.63) is 32.1 Å². The number of rotatable bonds is 0. The maximum Gasteiger partial charge on any atom is 0.325 e. The Morgan fingerprint density at radius 3 is 2.88 bits per heavy atom. The number of aromatic nitrogens is 2. The smallest absolute Gasteiger partial charge is 0.309 e. The first-order valence-electron chi connectivity index (χ1n) is 5.85. The Hall–Kier alpha value is -1.36. The Kier molecular flexibility index (Phi) is 2.21. The van der Waals surface area contributed by atoms with Gasteiger partial charge >= 0.3 is 5.69 Å². The number of hydrogen-bond donors (Lipinski definition) is 2. The van der Waals surface area contributed by atoms with Gasteiger partial charge in [-0.1, -0.05) is 6.42 Å². The van der Waals surface area contributed by atoms with E-state index in [2.05, 4.69) is 14.9 Å². The third kappa shape index (κ3) is 1.43. The molecule has 1 atom stereocenters. The minimum Gasteiger partial charge on any atom is -0.309 e. The van der Waals surface area contributed by atoms with Gasteiger partial charge in [-0.15, -0.1) is 0 Å². The summed E-state index contributed by atoms with van der Waals surface area (Å²) in [5.41, 5.74) is 1.06. The van der Waals surface area contributed by atoms with Gasteiger partial charge in [0.1, 0.15) is 0 Å². The third-order valence-electron chi connectivity index (χ3n) is 3.67. The molecule has 0 aliphatic carbocycles. The van der Waals surface area contributed by atoms with Gasteiger partial charge < -0.3 is 4.98 Å². The Bertz CT molecular complexity index is 517. The molecule has 86 valence electrons. The second kappa shape index (κ2) is 3.59. The molecule has 0 spiro atoms. The molecule has 5 heteroatoms. The summed E-state index contributed by atoms with van der Waals surface area (Å²) in [6, 6.07) is 0.257. The van der Waals surface area contributed by atoms with Crippen LogP contribution >= 0.6 is 0 Å². The highest BCUT2D eigenvalue weighted by Gasteiger charge is 2.31. The van der Waals surface area contributed by atoms with Gasteiger partial charge in [0.05, 0.1) is 6.04 Å². The van der Waals surface area contributed by atoms with Crippen LogP contribution < -0.4 is 11.2 Å². The quantitative estimate of drug-likeness (QED) is 0.655. The van der Waals surface area contributed by atoms with Crippen LogP contribution in [-0.4, -0.2) is 28.0 Å². The van der Waals surface area contributed by atoms with Crippen LogP contribution in [-0.2, 0) is 6.42 Å². The van der Waals surface area contributed by atoms with Gasteiger partial charge in [-0.25, -0.2) is 4.79 Å². The molecule has 1 aromatic rings. The molecular formula is C11H15N3O2. The van der Waals surface area contributed by atoms with Crippen molar-refractivity contribution in [2.24, 2.45) is 0 Å². The monoisotopic (exact) mass is 221 g/mol. The number of fused-ring (bicyclic) bond motifs is 3. The molecule has 3 heterocycles. The van der Waals surface area contributed by atoms with Gasteiger partial charge in [-0.3, -0.25) is 14.7 Å². The number of piperidine rings is 1. The second-order valence-corrected chi connectivity index (χ2v) is 4.60. The fraction of sp³-hybridized carbons (Fsp3) is 0.636. The topological polar surface area (TPSA) is 69.0 Å². The van der Waals surface area contributed by atoms with Crippen molar-refractivity contribution in [1.82, 2.24) is 14.9 Å². The lowest BCUT2D eigenvalue weighted by atomic mass is 9.91. The number of H-pyrrole nitrogens is 2. The summed E-state index contributed by atoms with van der Waals surface area (Å²) in [7, 11) is 0. The van der Waals surface area contributed by atoms with Gasteiger partial charge in [-0.05, 0) is 25.8 Å². The van der Waals surface area contributed by atoms with Crippen LogP contribution in [0, 0.1) is 0 Å². The Morgan fingerprint density at radius 1 is 1.12 bits per heavy atom. The highest BCUT2D eigenvalue weighted by Crippen LogP contribution is 2.33. The summed E-state index contributed by atoms with van der Waals surface area (Å²) < 4.78 is 0. The van der Waals surface area contributed by atoms with E-state index in [9.17, 15) is 9.59 Å². The first kappa shape index (κ1) is 9.84. The number of nitrogens with zero attached hydrogens (tertiary/aromatic N) is 1. The highest BCUT2D eigenvalue weighted by atomic mass is 16.2. The number of nitrogens with one attached hydrogen (secondary N) is 2. The predicted molar refractivity (Wildman–Crippen MR) is 59.6 cm³/mol. The molecule has 3 rings (SSSR count). The number of hydrogen-bond acceptors (Lipinski definition) is 3. The number of aromatic amines is 2. The van der Waals surface area contributed by atoms with Crippen molar-refractivity contribution in [2.75, 3.05) is 13.1 Å². The summed E-state index contributed by atoms with van der Waals surface area (Å²) in [5.74, 6) is 0. The summed E-state index contributed by atoms with van der Waals surface area (Å²) in [6.45, 7) is 2.02. The summed E-state index contributed by atoms with van der Waals surface area (Å²) >= 11 is 0. The molecule has 0 radical (unpaired) electrons. The molecule has 1 aromatic heterocycles. The largest absolute Gasteiger partial charge is 0.325 e. The van der Waals surface area contributed by atoms with Crippen LogP contribution in [0.2, 0.25) is 0 Å². The molecule has 1 unspecified atom stereocenters. The lowest BCUT2D eigenvalue weighted by molar-refractivity contribution is 0.134. The zero-order valence-electron chi connectivity index (χ0n) is 9.08. The first-order chi connectivity index (χ1) is 7.75. The molecular weight excluding hydrogens is 206 g/mol. The summed E-state index contributed by atoms with van der Waals surface area (Å²) in [5, 5.41) is 0. The molecule has 5 nitrogen and oxygen atoms in total. The average Bonchev–Trinajstić information content (AvgIpc) is 2.28. The highest BCUT2D eigenvalue weighted by molar-refractivity contribution is 5.23. The standard InChI is InChI=1S/C11H15N3O2/c15-10-7-4-6-14-5-2-1-3-8(14)9(7)12-11(16)13-10/h8H,1-6H2,(H2,12,13,15,16). The zero-order valence-corrected chi connectivity index (χ0v) is 9.08. The lowest BCUT2D eigenvalue weighted by Crippen LogP contribution is -2.43. The molecule has 0 saturated carbocycles. The van der Waals surface area contributed by atoms with Gasteiger partial charge in [0.25, 0.3) is 5.56 Å². The van der Waals surface area contributed by atoms with E-state index in [4.69, 9.17) is 0 Å². The molecule has 1 fully saturated rings. The van der Waals surface area contributed by atoms with Crippen molar-refractivity contribution in [3.63, 3.8) is 0 Å². The van der Waals surface area contributed by atoms with Crippen LogP contribution in [0.5, 0.6) is 0 Å². The summed E-state index contributed by atoms with van der Waals surface area (Å²) in [4.78, 5) is 30.5. The van der Waals surface area contributed by atoms with Crippen LogP contribution in [0.3, 0.4) is 0 Å². The van der Waals surface area contributed by atoms with Crippen molar-refractivity contribution in [3.8, 4) is 0 Å². The van der Waals surface area contributed by atoms with Crippen molar-refractivity contribution in [1.29, 1.82) is 0 Å². The maximum absolute atomic E-state index is 11.7. The Labute approximate surface area is 92.5 Å². The van der Waals surface area contributed by atoms with E-state index in [1.165, 1.54) is 12.8 Å². The van der Waals surface area contributed by atoms with Gasteiger partial charge in [0, 0.05) is 17.8 Å². The SMILES string of the molecule is O=c1[nH]c2c(c(=O)[nH]1)CCN1CCCCC21. The molecule has 0 amide bonds. The van der Waals surface area contributed by atoms with Crippen LogP contribution in [0.4, 0.5) is 0 Å².